The summed E-state index contributed by atoms with van der Waals surface area (Å²) in [5, 5.41) is 12.5. The van der Waals surface area contributed by atoms with Gasteiger partial charge in [0.1, 0.15) is 5.75 Å². The van der Waals surface area contributed by atoms with E-state index >= 15 is 0 Å². The van der Waals surface area contributed by atoms with E-state index < -0.39 is 0 Å². The highest BCUT2D eigenvalue weighted by molar-refractivity contribution is 9.10. The first-order chi connectivity index (χ1) is 9.11. The molecule has 1 aliphatic rings. The lowest BCUT2D eigenvalue weighted by molar-refractivity contribution is 0.0826. The highest BCUT2D eigenvalue weighted by atomic mass is 79.9. The topological polar surface area (TPSA) is 58.6 Å². The fraction of sp³-hybridized carbons (Fsp3) is 0.500. The highest BCUT2D eigenvalue weighted by Crippen LogP contribution is 2.25. The number of nitrogens with one attached hydrogen (secondary N) is 1. The van der Waals surface area contributed by atoms with Gasteiger partial charge in [0.2, 0.25) is 0 Å². The van der Waals surface area contributed by atoms with Gasteiger partial charge in [0.25, 0.3) is 5.91 Å². The number of phenols is 1. The molecule has 1 amide bonds. The molecule has 19 heavy (non-hydrogen) atoms. The van der Waals surface area contributed by atoms with E-state index in [1.807, 2.05) is 0 Å². The van der Waals surface area contributed by atoms with Crippen LogP contribution < -0.4 is 5.32 Å². The third-order valence-corrected chi connectivity index (χ3v) is 4.15. The Morgan fingerprint density at radius 3 is 3.05 bits per heavy atom. The molecule has 0 bridgehead atoms. The lowest BCUT2D eigenvalue weighted by Crippen LogP contribution is -2.32. The first-order valence-electron chi connectivity index (χ1n) is 6.50. The van der Waals surface area contributed by atoms with E-state index in [9.17, 15) is 9.90 Å². The lowest BCUT2D eigenvalue weighted by atomic mass is 9.99. The van der Waals surface area contributed by atoms with Crippen molar-refractivity contribution in [2.45, 2.75) is 25.9 Å². The van der Waals surface area contributed by atoms with Crippen molar-refractivity contribution in [3.05, 3.63) is 28.2 Å². The quantitative estimate of drug-likeness (QED) is 0.893. The lowest BCUT2D eigenvalue weighted by Gasteiger charge is -2.17. The number of halogens is 1. The standard InChI is InChI=1S/C14H18BrNO3/c1-2-13-10(5-6-19-13)8-16-14(18)9-3-4-11(15)12(17)7-9/h3-4,7,10,13,17H,2,5-6,8H2,1H3,(H,16,18). The molecule has 104 valence electrons. The third-order valence-electron chi connectivity index (χ3n) is 3.48. The van der Waals surface area contributed by atoms with E-state index in [0.717, 1.165) is 19.4 Å². The van der Waals surface area contributed by atoms with Crippen molar-refractivity contribution >= 4 is 21.8 Å². The van der Waals surface area contributed by atoms with E-state index in [1.165, 1.54) is 6.07 Å². The third kappa shape index (κ3) is 3.48. The molecule has 1 aliphatic heterocycles. The predicted octanol–water partition coefficient (Wildman–Crippen LogP) is 2.70. The van der Waals surface area contributed by atoms with Gasteiger partial charge in [0.05, 0.1) is 10.6 Å². The summed E-state index contributed by atoms with van der Waals surface area (Å²) in [6.07, 6.45) is 2.21. The molecular formula is C14H18BrNO3. The molecule has 1 aromatic carbocycles. The number of hydrogen-bond donors (Lipinski definition) is 2. The van der Waals surface area contributed by atoms with Gasteiger partial charge in [0.15, 0.2) is 0 Å². The van der Waals surface area contributed by atoms with Crippen molar-refractivity contribution in [1.29, 1.82) is 0 Å². The van der Waals surface area contributed by atoms with Gasteiger partial charge in [-0.3, -0.25) is 4.79 Å². The van der Waals surface area contributed by atoms with Gasteiger partial charge in [-0.25, -0.2) is 0 Å². The van der Waals surface area contributed by atoms with Crippen molar-refractivity contribution in [2.24, 2.45) is 5.92 Å². The van der Waals surface area contributed by atoms with Crippen molar-refractivity contribution in [2.75, 3.05) is 13.2 Å². The van der Waals surface area contributed by atoms with Crippen LogP contribution >= 0.6 is 15.9 Å². The molecule has 0 aliphatic carbocycles. The largest absolute Gasteiger partial charge is 0.507 e. The fourth-order valence-corrected chi connectivity index (χ4v) is 2.60. The van der Waals surface area contributed by atoms with Crippen molar-refractivity contribution in [3.63, 3.8) is 0 Å². The van der Waals surface area contributed by atoms with Gasteiger partial charge in [-0.15, -0.1) is 0 Å². The molecule has 1 saturated heterocycles. The minimum absolute atomic E-state index is 0.0725. The second-order valence-electron chi connectivity index (χ2n) is 4.74. The summed E-state index contributed by atoms with van der Waals surface area (Å²) in [7, 11) is 0. The number of hydrogen-bond acceptors (Lipinski definition) is 3. The summed E-state index contributed by atoms with van der Waals surface area (Å²) in [4.78, 5) is 12.0. The van der Waals surface area contributed by atoms with Crippen LogP contribution in [0.1, 0.15) is 30.1 Å². The Morgan fingerprint density at radius 2 is 2.37 bits per heavy atom. The number of rotatable bonds is 4. The molecule has 2 atom stereocenters. The zero-order valence-corrected chi connectivity index (χ0v) is 12.4. The van der Waals surface area contributed by atoms with Crippen LogP contribution in [0.25, 0.3) is 0 Å². The van der Waals surface area contributed by atoms with Crippen LogP contribution in [0, 0.1) is 5.92 Å². The summed E-state index contributed by atoms with van der Waals surface area (Å²) >= 11 is 3.19. The Labute approximate surface area is 121 Å². The van der Waals surface area contributed by atoms with Gasteiger partial charge in [-0.05, 0) is 47.0 Å². The van der Waals surface area contributed by atoms with Crippen LogP contribution in [-0.2, 0) is 4.74 Å². The predicted molar refractivity (Wildman–Crippen MR) is 76.3 cm³/mol. The van der Waals surface area contributed by atoms with E-state index in [0.29, 0.717) is 22.5 Å². The normalized spacial score (nSPS) is 22.4. The maximum absolute atomic E-state index is 12.0. The minimum Gasteiger partial charge on any atom is -0.507 e. The van der Waals surface area contributed by atoms with Gasteiger partial charge >= 0.3 is 0 Å². The Morgan fingerprint density at radius 1 is 1.58 bits per heavy atom. The molecule has 0 aromatic heterocycles. The summed E-state index contributed by atoms with van der Waals surface area (Å²) < 4.78 is 6.17. The van der Waals surface area contributed by atoms with Crippen LogP contribution in [0.2, 0.25) is 0 Å². The van der Waals surface area contributed by atoms with Gasteiger partial charge in [0, 0.05) is 24.6 Å². The average Bonchev–Trinajstić information content (AvgIpc) is 2.86. The molecule has 1 fully saturated rings. The summed E-state index contributed by atoms with van der Waals surface area (Å²) in [5.74, 6) is 0.297. The van der Waals surface area contributed by atoms with Gasteiger partial charge < -0.3 is 15.2 Å². The van der Waals surface area contributed by atoms with Crippen LogP contribution in [0.3, 0.4) is 0 Å². The maximum atomic E-state index is 12.0. The monoisotopic (exact) mass is 327 g/mol. The molecule has 2 N–H and O–H groups in total. The molecule has 4 nitrogen and oxygen atoms in total. The number of carbonyl (C=O) groups excluding carboxylic acids is 1. The number of aromatic hydroxyl groups is 1. The smallest absolute Gasteiger partial charge is 0.251 e. The summed E-state index contributed by atoms with van der Waals surface area (Å²) in [6, 6.07) is 4.81. The van der Waals surface area contributed by atoms with Crippen molar-refractivity contribution < 1.29 is 14.6 Å². The molecule has 2 rings (SSSR count). The number of carbonyl (C=O) groups is 1. The Kier molecular flexibility index (Phi) is 4.82. The van der Waals surface area contributed by atoms with E-state index in [2.05, 4.69) is 28.2 Å². The van der Waals surface area contributed by atoms with Crippen LogP contribution in [-0.4, -0.2) is 30.3 Å². The summed E-state index contributed by atoms with van der Waals surface area (Å²) in [6.45, 7) is 3.49. The Hall–Kier alpha value is -1.07. The molecule has 0 radical (unpaired) electrons. The average molecular weight is 328 g/mol. The first kappa shape index (κ1) is 14.3. The zero-order valence-electron chi connectivity index (χ0n) is 10.9. The molecule has 0 saturated carbocycles. The summed E-state index contributed by atoms with van der Waals surface area (Å²) in [5.41, 5.74) is 0.465. The Bertz CT molecular complexity index is 464. The number of ether oxygens (including phenoxy) is 1. The Balaban J connectivity index is 1.92. The second kappa shape index (κ2) is 6.39. The molecule has 1 heterocycles. The van der Waals surface area contributed by atoms with E-state index in [1.54, 1.807) is 12.1 Å². The first-order valence-corrected chi connectivity index (χ1v) is 7.29. The van der Waals surface area contributed by atoms with Crippen LogP contribution in [0.15, 0.2) is 22.7 Å². The fourth-order valence-electron chi connectivity index (χ4n) is 2.36. The minimum atomic E-state index is -0.162. The maximum Gasteiger partial charge on any atom is 0.251 e. The van der Waals surface area contributed by atoms with E-state index in [4.69, 9.17) is 4.74 Å². The molecule has 2 unspecified atom stereocenters. The van der Waals surface area contributed by atoms with Crippen LogP contribution in [0.5, 0.6) is 5.75 Å². The van der Waals surface area contributed by atoms with Crippen molar-refractivity contribution in [3.8, 4) is 5.75 Å². The highest BCUT2D eigenvalue weighted by Gasteiger charge is 2.26. The number of benzene rings is 1. The molecule has 1 aromatic rings. The van der Waals surface area contributed by atoms with Crippen molar-refractivity contribution in [1.82, 2.24) is 5.32 Å². The zero-order chi connectivity index (χ0) is 13.8. The van der Waals surface area contributed by atoms with E-state index in [-0.39, 0.29) is 17.8 Å². The number of amides is 1. The van der Waals surface area contributed by atoms with Crippen LogP contribution in [0.4, 0.5) is 0 Å². The second-order valence-corrected chi connectivity index (χ2v) is 5.60. The number of phenolic OH excluding ortho intramolecular Hbond substituents is 1. The molecule has 5 heteroatoms. The molecular weight excluding hydrogens is 310 g/mol. The van der Waals surface area contributed by atoms with Gasteiger partial charge in [-0.2, -0.15) is 0 Å². The van der Waals surface area contributed by atoms with Gasteiger partial charge in [-0.1, -0.05) is 6.92 Å². The SMILES string of the molecule is CCC1OCCC1CNC(=O)c1ccc(Br)c(O)c1. The molecule has 0 spiro atoms.